The smallest absolute Gasteiger partial charge is 0.243 e. The lowest BCUT2D eigenvalue weighted by atomic mass is 10.1. The molecule has 0 bridgehead atoms. The fourth-order valence-corrected chi connectivity index (χ4v) is 5.24. The Bertz CT molecular complexity index is 1040. The first-order valence-corrected chi connectivity index (χ1v) is 11.5. The predicted octanol–water partition coefficient (Wildman–Crippen LogP) is 2.64. The molecule has 168 valence electrons. The molecule has 0 aliphatic carbocycles. The number of fused-ring (bicyclic) bond motifs is 1. The van der Waals surface area contributed by atoms with Gasteiger partial charge in [0, 0.05) is 49.9 Å². The van der Waals surface area contributed by atoms with Crippen molar-refractivity contribution in [3.63, 3.8) is 0 Å². The van der Waals surface area contributed by atoms with Gasteiger partial charge in [-0.3, -0.25) is 4.90 Å². The maximum Gasteiger partial charge on any atom is 0.243 e. The van der Waals surface area contributed by atoms with Crippen molar-refractivity contribution in [2.75, 3.05) is 46.5 Å². The molecule has 2 heterocycles. The minimum absolute atomic E-state index is 0.0519. The van der Waals surface area contributed by atoms with Crippen LogP contribution in [0.5, 0.6) is 17.2 Å². The number of sulfonamides is 1. The molecule has 10 heteroatoms. The van der Waals surface area contributed by atoms with Gasteiger partial charge in [-0.05, 0) is 25.1 Å². The first-order valence-electron chi connectivity index (χ1n) is 10.0. The van der Waals surface area contributed by atoms with Crippen LogP contribution in [0.1, 0.15) is 12.0 Å². The van der Waals surface area contributed by atoms with Crippen LogP contribution in [0.2, 0.25) is 0 Å². The molecule has 0 atom stereocenters. The molecule has 0 amide bonds. The summed E-state index contributed by atoms with van der Waals surface area (Å²) in [4.78, 5) is 1.99. The van der Waals surface area contributed by atoms with E-state index in [1.807, 2.05) is 4.90 Å². The number of halogens is 2. The molecule has 2 aromatic rings. The largest absolute Gasteiger partial charge is 0.497 e. The molecule has 2 aromatic carbocycles. The van der Waals surface area contributed by atoms with E-state index in [1.165, 1.54) is 23.5 Å². The minimum Gasteiger partial charge on any atom is -0.497 e. The third-order valence-corrected chi connectivity index (χ3v) is 7.33. The van der Waals surface area contributed by atoms with Crippen LogP contribution in [-0.4, -0.2) is 64.1 Å². The van der Waals surface area contributed by atoms with Gasteiger partial charge in [-0.1, -0.05) is 0 Å². The SMILES string of the molecule is COc1cc(F)c(CN2CCCN(S(=O)(=O)c3ccc4c(c3)OCCO4)CC2)c(F)c1. The van der Waals surface area contributed by atoms with E-state index in [2.05, 4.69) is 0 Å². The van der Waals surface area contributed by atoms with E-state index >= 15 is 0 Å². The van der Waals surface area contributed by atoms with Crippen molar-refractivity contribution >= 4 is 10.0 Å². The number of ether oxygens (including phenoxy) is 3. The predicted molar refractivity (Wildman–Crippen MR) is 109 cm³/mol. The quantitative estimate of drug-likeness (QED) is 0.692. The Morgan fingerprint density at radius 1 is 0.968 bits per heavy atom. The van der Waals surface area contributed by atoms with Gasteiger partial charge in [-0.2, -0.15) is 4.31 Å². The molecule has 2 aliphatic heterocycles. The highest BCUT2D eigenvalue weighted by molar-refractivity contribution is 7.89. The van der Waals surface area contributed by atoms with E-state index in [4.69, 9.17) is 14.2 Å². The van der Waals surface area contributed by atoms with Crippen LogP contribution < -0.4 is 14.2 Å². The second-order valence-corrected chi connectivity index (χ2v) is 9.35. The average molecular weight is 454 g/mol. The summed E-state index contributed by atoms with van der Waals surface area (Å²) >= 11 is 0. The molecule has 7 nitrogen and oxygen atoms in total. The second kappa shape index (κ2) is 8.97. The number of methoxy groups -OCH3 is 1. The van der Waals surface area contributed by atoms with E-state index in [1.54, 1.807) is 6.07 Å². The summed E-state index contributed by atoms with van der Waals surface area (Å²) in [5, 5.41) is 0. The van der Waals surface area contributed by atoms with Crippen molar-refractivity contribution < 1.29 is 31.4 Å². The maximum atomic E-state index is 14.3. The Kier molecular flexibility index (Phi) is 6.31. The molecule has 1 fully saturated rings. The van der Waals surface area contributed by atoms with E-state index in [0.29, 0.717) is 50.8 Å². The lowest BCUT2D eigenvalue weighted by molar-refractivity contribution is 0.171. The van der Waals surface area contributed by atoms with Gasteiger partial charge in [0.25, 0.3) is 0 Å². The van der Waals surface area contributed by atoms with Crippen molar-refractivity contribution in [3.8, 4) is 17.2 Å². The van der Waals surface area contributed by atoms with Gasteiger partial charge in [-0.25, -0.2) is 17.2 Å². The highest BCUT2D eigenvalue weighted by Gasteiger charge is 2.29. The van der Waals surface area contributed by atoms with Crippen LogP contribution in [0.4, 0.5) is 8.78 Å². The monoisotopic (exact) mass is 454 g/mol. The van der Waals surface area contributed by atoms with Crippen LogP contribution in [-0.2, 0) is 16.6 Å². The Labute approximate surface area is 180 Å². The van der Waals surface area contributed by atoms with E-state index < -0.39 is 21.7 Å². The number of rotatable bonds is 5. The van der Waals surface area contributed by atoms with Crippen molar-refractivity contribution in [1.29, 1.82) is 0 Å². The van der Waals surface area contributed by atoms with Crippen molar-refractivity contribution in [2.24, 2.45) is 0 Å². The van der Waals surface area contributed by atoms with E-state index in [9.17, 15) is 17.2 Å². The lowest BCUT2D eigenvalue weighted by Gasteiger charge is -2.23. The van der Waals surface area contributed by atoms with Crippen molar-refractivity contribution in [3.05, 3.63) is 47.5 Å². The number of benzene rings is 2. The van der Waals surface area contributed by atoms with E-state index in [0.717, 1.165) is 12.1 Å². The summed E-state index contributed by atoms with van der Waals surface area (Å²) in [5.41, 5.74) is -0.0519. The fraction of sp³-hybridized carbons (Fsp3) is 0.429. The normalized spacial score (nSPS) is 17.9. The van der Waals surface area contributed by atoms with Crippen molar-refractivity contribution in [1.82, 2.24) is 9.21 Å². The van der Waals surface area contributed by atoms with Gasteiger partial charge in [0.15, 0.2) is 11.5 Å². The molecule has 2 aliphatic rings. The van der Waals surface area contributed by atoms with Crippen LogP contribution in [0.3, 0.4) is 0 Å². The molecular weight excluding hydrogens is 430 g/mol. The van der Waals surface area contributed by atoms with Crippen molar-refractivity contribution in [2.45, 2.75) is 17.9 Å². The lowest BCUT2D eigenvalue weighted by Crippen LogP contribution is -2.35. The summed E-state index contributed by atoms with van der Waals surface area (Å²) in [6.45, 7) is 2.27. The van der Waals surface area contributed by atoms with Gasteiger partial charge in [0.1, 0.15) is 30.6 Å². The van der Waals surface area contributed by atoms with Gasteiger partial charge < -0.3 is 14.2 Å². The van der Waals surface area contributed by atoms with Crippen LogP contribution in [0.15, 0.2) is 35.2 Å². The summed E-state index contributed by atoms with van der Waals surface area (Å²) in [6.07, 6.45) is 0.545. The standard InChI is InChI=1S/C21H24F2N2O5S/c1-28-15-11-18(22)17(19(23)12-15)14-24-5-2-6-25(8-7-24)31(26,27)16-3-4-20-21(13-16)30-10-9-29-20/h3-4,11-13H,2,5-10,14H2,1H3. The van der Waals surface area contributed by atoms with Crippen LogP contribution in [0.25, 0.3) is 0 Å². The molecule has 1 saturated heterocycles. The topological polar surface area (TPSA) is 68.3 Å². The third kappa shape index (κ3) is 4.60. The number of hydrogen-bond acceptors (Lipinski definition) is 6. The Morgan fingerprint density at radius 2 is 1.68 bits per heavy atom. The Morgan fingerprint density at radius 3 is 2.39 bits per heavy atom. The molecule has 0 saturated carbocycles. The zero-order valence-electron chi connectivity index (χ0n) is 17.1. The molecular formula is C21H24F2N2O5S. The first-order chi connectivity index (χ1) is 14.9. The minimum atomic E-state index is -3.73. The van der Waals surface area contributed by atoms with Gasteiger partial charge in [-0.15, -0.1) is 0 Å². The molecule has 0 radical (unpaired) electrons. The maximum absolute atomic E-state index is 14.3. The summed E-state index contributed by atoms with van der Waals surface area (Å²) in [7, 11) is -2.39. The molecule has 0 spiro atoms. The molecule has 4 rings (SSSR count). The Balaban J connectivity index is 1.47. The van der Waals surface area contributed by atoms with Crippen LogP contribution in [0, 0.1) is 11.6 Å². The molecule has 0 unspecified atom stereocenters. The molecule has 0 N–H and O–H groups in total. The third-order valence-electron chi connectivity index (χ3n) is 5.43. The second-order valence-electron chi connectivity index (χ2n) is 7.41. The summed E-state index contributed by atoms with van der Waals surface area (Å²) in [5.74, 6) is -0.306. The van der Waals surface area contributed by atoms with Gasteiger partial charge >= 0.3 is 0 Å². The average Bonchev–Trinajstić information content (AvgIpc) is 3.02. The first kappa shape index (κ1) is 21.8. The zero-order chi connectivity index (χ0) is 22.0. The number of hydrogen-bond donors (Lipinski definition) is 0. The van der Waals surface area contributed by atoms with Gasteiger partial charge in [0.05, 0.1) is 12.0 Å². The molecule has 0 aromatic heterocycles. The number of nitrogens with zero attached hydrogens (tertiary/aromatic N) is 2. The summed E-state index contributed by atoms with van der Waals surface area (Å²) < 4.78 is 72.1. The highest BCUT2D eigenvalue weighted by atomic mass is 32.2. The summed E-state index contributed by atoms with van der Waals surface area (Å²) in [6, 6.07) is 6.88. The highest BCUT2D eigenvalue weighted by Crippen LogP contribution is 2.33. The molecule has 31 heavy (non-hydrogen) atoms. The fourth-order valence-electron chi connectivity index (χ4n) is 3.75. The van der Waals surface area contributed by atoms with E-state index in [-0.39, 0.29) is 29.3 Å². The Hall–Kier alpha value is -2.43. The van der Waals surface area contributed by atoms with Gasteiger partial charge in [0.2, 0.25) is 10.0 Å². The zero-order valence-corrected chi connectivity index (χ0v) is 18.0. The van der Waals surface area contributed by atoms with Crippen LogP contribution >= 0.6 is 0 Å².